The Morgan fingerprint density at radius 1 is 0.293 bits per heavy atom. The van der Waals surface area contributed by atoms with E-state index in [2.05, 4.69) is 240 Å². The molecular weight excluding hydrogens is 701 g/mol. The van der Waals surface area contributed by atoms with E-state index >= 15 is 0 Å². The van der Waals surface area contributed by atoms with Crippen LogP contribution in [0.2, 0.25) is 0 Å². The monoisotopic (exact) mass is 738 g/mol. The zero-order valence-corrected chi connectivity index (χ0v) is 31.8. The van der Waals surface area contributed by atoms with Gasteiger partial charge in [0.2, 0.25) is 0 Å². The normalized spacial score (nSPS) is 11.4. The Labute approximate surface area is 338 Å². The molecule has 0 aliphatic rings. The number of nitrogens with zero attached hydrogens (tertiary/aromatic N) is 2. The Kier molecular flexibility index (Phi) is 8.19. The fourth-order valence-electron chi connectivity index (χ4n) is 8.95. The van der Waals surface area contributed by atoms with Gasteiger partial charge in [-0.3, -0.25) is 0 Å². The van der Waals surface area contributed by atoms with Gasteiger partial charge in [0, 0.05) is 33.3 Å². The summed E-state index contributed by atoms with van der Waals surface area (Å²) in [5, 5.41) is 7.55. The highest BCUT2D eigenvalue weighted by molar-refractivity contribution is 6.14. The molecule has 272 valence electrons. The van der Waals surface area contributed by atoms with Crippen LogP contribution in [-0.2, 0) is 0 Å². The van der Waals surface area contributed by atoms with Gasteiger partial charge in [-0.15, -0.1) is 0 Å². The molecule has 58 heavy (non-hydrogen) atoms. The standard InChI is InChI=1S/C56H38N2/c1-2-17-39(18-3-1)46-23-8-12-29-53(46)57(44-21-16-20-41(37-44)52-38-42-19-4-5-22-45(42)48-25-6-7-26-49(48)52)43-35-33-40(34-36-43)47-24-9-13-30-54(47)58-55-31-14-10-27-50(55)51-28-11-15-32-56(51)58/h1-38H. The van der Waals surface area contributed by atoms with Crippen molar-refractivity contribution >= 4 is 60.4 Å². The van der Waals surface area contributed by atoms with Gasteiger partial charge >= 0.3 is 0 Å². The molecule has 0 atom stereocenters. The lowest BCUT2D eigenvalue weighted by atomic mass is 9.93. The third-order valence-corrected chi connectivity index (χ3v) is 11.6. The number of aromatic nitrogens is 1. The number of benzene rings is 10. The van der Waals surface area contributed by atoms with Gasteiger partial charge in [-0.2, -0.15) is 0 Å². The summed E-state index contributed by atoms with van der Waals surface area (Å²) in [7, 11) is 0. The molecule has 1 heterocycles. The topological polar surface area (TPSA) is 8.17 Å². The Hall–Kier alpha value is -7.68. The van der Waals surface area contributed by atoms with Crippen molar-refractivity contribution < 1.29 is 0 Å². The van der Waals surface area contributed by atoms with Gasteiger partial charge in [0.05, 0.1) is 22.4 Å². The molecule has 2 heteroatoms. The van der Waals surface area contributed by atoms with E-state index in [0.717, 1.165) is 28.3 Å². The van der Waals surface area contributed by atoms with E-state index in [0.29, 0.717) is 0 Å². The van der Waals surface area contributed by atoms with Crippen LogP contribution in [0.5, 0.6) is 0 Å². The van der Waals surface area contributed by atoms with E-state index in [-0.39, 0.29) is 0 Å². The van der Waals surface area contributed by atoms with Crippen LogP contribution in [0.25, 0.3) is 82.4 Å². The van der Waals surface area contributed by atoms with Crippen LogP contribution in [0.15, 0.2) is 231 Å². The summed E-state index contributed by atoms with van der Waals surface area (Å²) in [4.78, 5) is 2.41. The lowest BCUT2D eigenvalue weighted by molar-refractivity contribution is 1.18. The van der Waals surface area contributed by atoms with E-state index in [4.69, 9.17) is 0 Å². The molecule has 0 aliphatic carbocycles. The van der Waals surface area contributed by atoms with Crippen LogP contribution in [0, 0.1) is 0 Å². The van der Waals surface area contributed by atoms with Crippen molar-refractivity contribution in [1.82, 2.24) is 4.57 Å². The molecule has 0 unspecified atom stereocenters. The molecule has 2 nitrogen and oxygen atoms in total. The van der Waals surface area contributed by atoms with Gasteiger partial charge in [0.1, 0.15) is 0 Å². The Balaban J connectivity index is 1.08. The second-order valence-corrected chi connectivity index (χ2v) is 14.9. The van der Waals surface area contributed by atoms with Crippen molar-refractivity contribution in [3.8, 4) is 39.1 Å². The van der Waals surface area contributed by atoms with Crippen LogP contribution in [-0.4, -0.2) is 4.57 Å². The average Bonchev–Trinajstić information content (AvgIpc) is 3.64. The summed E-state index contributed by atoms with van der Waals surface area (Å²) in [6.45, 7) is 0. The molecular formula is C56H38N2. The molecule has 0 aliphatic heterocycles. The second kappa shape index (κ2) is 14.1. The minimum absolute atomic E-state index is 1.09. The van der Waals surface area contributed by atoms with Crippen molar-refractivity contribution in [1.29, 1.82) is 0 Å². The van der Waals surface area contributed by atoms with Gasteiger partial charge in [-0.25, -0.2) is 0 Å². The summed E-state index contributed by atoms with van der Waals surface area (Å²) in [6, 6.07) is 83.7. The zero-order valence-electron chi connectivity index (χ0n) is 31.8. The number of anilines is 3. The van der Waals surface area contributed by atoms with Crippen LogP contribution in [0.1, 0.15) is 0 Å². The molecule has 11 aromatic rings. The van der Waals surface area contributed by atoms with E-state index in [1.165, 1.54) is 71.2 Å². The summed E-state index contributed by atoms with van der Waals surface area (Å²) in [5.41, 5.74) is 14.0. The van der Waals surface area contributed by atoms with E-state index in [9.17, 15) is 0 Å². The highest BCUT2D eigenvalue weighted by atomic mass is 15.1. The van der Waals surface area contributed by atoms with Crippen molar-refractivity contribution in [2.75, 3.05) is 4.90 Å². The molecule has 1 aromatic heterocycles. The summed E-state index contributed by atoms with van der Waals surface area (Å²) in [6.07, 6.45) is 0. The predicted molar refractivity (Wildman–Crippen MR) is 247 cm³/mol. The average molecular weight is 739 g/mol. The van der Waals surface area contributed by atoms with E-state index < -0.39 is 0 Å². The van der Waals surface area contributed by atoms with Crippen molar-refractivity contribution in [3.05, 3.63) is 231 Å². The maximum Gasteiger partial charge on any atom is 0.0541 e. The Morgan fingerprint density at radius 3 is 1.60 bits per heavy atom. The highest BCUT2D eigenvalue weighted by Gasteiger charge is 2.20. The third kappa shape index (κ3) is 5.66. The first-order chi connectivity index (χ1) is 28.8. The fraction of sp³-hybridized carbons (Fsp3) is 0. The highest BCUT2D eigenvalue weighted by Crippen LogP contribution is 2.44. The first-order valence-corrected chi connectivity index (χ1v) is 19.9. The van der Waals surface area contributed by atoms with Gasteiger partial charge in [-0.1, -0.05) is 176 Å². The molecule has 0 amide bonds. The first-order valence-electron chi connectivity index (χ1n) is 19.9. The molecule has 10 aromatic carbocycles. The predicted octanol–water partition coefficient (Wildman–Crippen LogP) is 15.6. The molecule has 0 radical (unpaired) electrons. The first kappa shape index (κ1) is 33.6. The maximum absolute atomic E-state index is 2.41. The second-order valence-electron chi connectivity index (χ2n) is 14.9. The summed E-state index contributed by atoms with van der Waals surface area (Å²) in [5.74, 6) is 0. The van der Waals surface area contributed by atoms with E-state index in [1.807, 2.05) is 0 Å². The van der Waals surface area contributed by atoms with Crippen LogP contribution < -0.4 is 4.90 Å². The van der Waals surface area contributed by atoms with Crippen LogP contribution >= 0.6 is 0 Å². The van der Waals surface area contributed by atoms with Gasteiger partial charge < -0.3 is 9.47 Å². The van der Waals surface area contributed by atoms with E-state index in [1.54, 1.807) is 0 Å². The molecule has 0 N–H and O–H groups in total. The van der Waals surface area contributed by atoms with Crippen molar-refractivity contribution in [2.24, 2.45) is 0 Å². The van der Waals surface area contributed by atoms with Crippen molar-refractivity contribution in [2.45, 2.75) is 0 Å². The number of para-hydroxylation sites is 4. The minimum Gasteiger partial charge on any atom is -0.310 e. The lowest BCUT2D eigenvalue weighted by Gasteiger charge is -2.28. The lowest BCUT2D eigenvalue weighted by Crippen LogP contribution is -2.11. The van der Waals surface area contributed by atoms with Crippen LogP contribution in [0.4, 0.5) is 17.1 Å². The molecule has 0 saturated carbocycles. The molecule has 0 spiro atoms. The van der Waals surface area contributed by atoms with Crippen molar-refractivity contribution in [3.63, 3.8) is 0 Å². The largest absolute Gasteiger partial charge is 0.310 e. The number of fused-ring (bicyclic) bond motifs is 6. The van der Waals surface area contributed by atoms with Crippen LogP contribution in [0.3, 0.4) is 0 Å². The quantitative estimate of drug-likeness (QED) is 0.148. The SMILES string of the molecule is c1ccc(-c2ccccc2N(c2ccc(-c3ccccc3-n3c4ccccc4c4ccccc43)cc2)c2cccc(-c3cc4ccccc4c4ccccc34)c2)cc1. The molecule has 0 bridgehead atoms. The summed E-state index contributed by atoms with van der Waals surface area (Å²) >= 11 is 0. The maximum atomic E-state index is 2.41. The van der Waals surface area contributed by atoms with Gasteiger partial charge in [-0.05, 0) is 98.4 Å². The number of hydrogen-bond acceptors (Lipinski definition) is 1. The fourth-order valence-corrected chi connectivity index (χ4v) is 8.95. The smallest absolute Gasteiger partial charge is 0.0541 e. The minimum atomic E-state index is 1.09. The third-order valence-electron chi connectivity index (χ3n) is 11.6. The van der Waals surface area contributed by atoms with Gasteiger partial charge in [0.15, 0.2) is 0 Å². The Morgan fingerprint density at radius 2 is 0.845 bits per heavy atom. The number of rotatable bonds is 7. The molecule has 0 fully saturated rings. The zero-order chi connectivity index (χ0) is 38.4. The Bertz CT molecular complexity index is 3230. The molecule has 0 saturated heterocycles. The summed E-state index contributed by atoms with van der Waals surface area (Å²) < 4.78 is 2.41. The van der Waals surface area contributed by atoms with Gasteiger partial charge in [0.25, 0.3) is 0 Å². The molecule has 11 rings (SSSR count). The number of hydrogen-bond donors (Lipinski definition) is 0.